The van der Waals surface area contributed by atoms with Crippen molar-refractivity contribution >= 4 is 63.3 Å². The Kier molecular flexibility index (Phi) is 10.5. The molecule has 0 aromatic carbocycles. The number of aliphatic hydroxyl groups excluding tert-OH is 1. The number of rotatable bonds is 4. The Labute approximate surface area is 251 Å². The number of thioether (sulfide) groups is 1. The molecule has 41 heavy (non-hydrogen) atoms. The van der Waals surface area contributed by atoms with Crippen molar-refractivity contribution in [2.24, 2.45) is 0 Å². The first-order chi connectivity index (χ1) is 19.0. The van der Waals surface area contributed by atoms with Gasteiger partial charge < -0.3 is 19.5 Å². The van der Waals surface area contributed by atoms with Crippen LogP contribution in [0.1, 0.15) is 77.5 Å². The molecule has 3 rings (SSSR count). The SMILES string of the molecule is C/C1=C\[C@@H](O)C(=O)/C=C/C=C/c2csc(n2)[C@@H](C)N2C(=O)C[C@@]([C@@](C)(O)C(=O)SCC(=O)OC(C)(C)C)(CC1)[S+]2[O-]. The summed E-state index contributed by atoms with van der Waals surface area (Å²) in [7, 11) is 0. The Balaban J connectivity index is 2.02. The van der Waals surface area contributed by atoms with Crippen molar-refractivity contribution in [3.63, 3.8) is 0 Å². The molecule has 1 saturated heterocycles. The number of allylic oxidation sites excluding steroid dienone is 3. The molecule has 0 aliphatic carbocycles. The van der Waals surface area contributed by atoms with Gasteiger partial charge >= 0.3 is 5.97 Å². The quantitative estimate of drug-likeness (QED) is 0.289. The number of fused-ring (bicyclic) bond motifs is 4. The van der Waals surface area contributed by atoms with E-state index in [9.17, 15) is 33.9 Å². The number of carbonyl (C=O) groups excluding carboxylic acids is 4. The van der Waals surface area contributed by atoms with E-state index in [0.29, 0.717) is 28.0 Å². The van der Waals surface area contributed by atoms with Crippen LogP contribution in [0.4, 0.5) is 0 Å². The molecule has 0 spiro atoms. The second-order valence-electron chi connectivity index (χ2n) is 11.2. The van der Waals surface area contributed by atoms with Crippen molar-refractivity contribution < 1.29 is 38.7 Å². The molecule has 1 fully saturated rings. The van der Waals surface area contributed by atoms with Crippen LogP contribution < -0.4 is 0 Å². The largest absolute Gasteiger partial charge is 0.592 e. The van der Waals surface area contributed by atoms with E-state index >= 15 is 0 Å². The zero-order valence-corrected chi connectivity index (χ0v) is 26.4. The second kappa shape index (κ2) is 12.9. The maximum absolute atomic E-state index is 14.2. The van der Waals surface area contributed by atoms with Gasteiger partial charge in [-0.25, -0.2) is 4.98 Å². The number of aromatic nitrogens is 1. The van der Waals surface area contributed by atoms with Crippen molar-refractivity contribution in [2.45, 2.75) is 88.9 Å². The van der Waals surface area contributed by atoms with E-state index in [1.807, 2.05) is 0 Å². The molecule has 2 aliphatic heterocycles. The Hall–Kier alpha value is -2.29. The molecule has 2 N–H and O–H groups in total. The Bertz CT molecular complexity index is 1280. The topological polar surface area (TPSA) is 157 Å². The third-order valence-electron chi connectivity index (χ3n) is 6.77. The number of hydrogen-bond donors (Lipinski definition) is 2. The van der Waals surface area contributed by atoms with Gasteiger partial charge in [0, 0.05) is 11.8 Å². The van der Waals surface area contributed by atoms with Crippen LogP contribution in [0, 0.1) is 0 Å². The molecule has 3 heterocycles. The van der Waals surface area contributed by atoms with Crippen LogP contribution in [0.5, 0.6) is 0 Å². The van der Waals surface area contributed by atoms with E-state index < -0.39 is 68.7 Å². The van der Waals surface area contributed by atoms with Gasteiger partial charge in [-0.3, -0.25) is 19.2 Å². The van der Waals surface area contributed by atoms with E-state index in [1.165, 1.54) is 36.5 Å². The summed E-state index contributed by atoms with van der Waals surface area (Å²) in [5.41, 5.74) is -1.97. The average molecular weight is 625 g/mol. The van der Waals surface area contributed by atoms with Gasteiger partial charge in [0.25, 0.3) is 5.91 Å². The Morgan fingerprint density at radius 3 is 2.59 bits per heavy atom. The Morgan fingerprint density at radius 2 is 1.93 bits per heavy atom. The van der Waals surface area contributed by atoms with E-state index in [0.717, 1.165) is 4.31 Å². The summed E-state index contributed by atoms with van der Waals surface area (Å²) in [4.78, 5) is 56.0. The molecule has 0 saturated carbocycles. The molecule has 1 aromatic heterocycles. The number of nitrogens with zero attached hydrogens (tertiary/aromatic N) is 2. The highest BCUT2D eigenvalue weighted by molar-refractivity contribution is 8.14. The van der Waals surface area contributed by atoms with Crippen LogP contribution >= 0.6 is 23.1 Å². The monoisotopic (exact) mass is 624 g/mol. The van der Waals surface area contributed by atoms with Crippen LogP contribution in [0.25, 0.3) is 6.08 Å². The number of esters is 1. The van der Waals surface area contributed by atoms with E-state index in [-0.39, 0.29) is 18.6 Å². The van der Waals surface area contributed by atoms with Crippen molar-refractivity contribution in [3.05, 3.63) is 46.0 Å². The number of ether oxygens (including phenoxy) is 1. The van der Waals surface area contributed by atoms with Crippen molar-refractivity contribution in [1.82, 2.24) is 9.29 Å². The number of ketones is 1. The third-order valence-corrected chi connectivity index (χ3v) is 11.1. The van der Waals surface area contributed by atoms with Crippen molar-refractivity contribution in [1.29, 1.82) is 0 Å². The average Bonchev–Trinajstić information content (AvgIpc) is 3.44. The maximum atomic E-state index is 14.2. The van der Waals surface area contributed by atoms with Crippen LogP contribution in [-0.2, 0) is 35.3 Å². The fourth-order valence-electron chi connectivity index (χ4n) is 4.51. The lowest BCUT2D eigenvalue weighted by molar-refractivity contribution is -0.151. The van der Waals surface area contributed by atoms with Crippen LogP contribution in [0.15, 0.2) is 35.3 Å². The molecule has 2 aliphatic rings. The first-order valence-electron chi connectivity index (χ1n) is 13.0. The maximum Gasteiger partial charge on any atom is 0.316 e. The van der Waals surface area contributed by atoms with Gasteiger partial charge in [0.1, 0.15) is 22.8 Å². The minimum atomic E-state index is -2.30. The predicted octanol–water partition coefficient (Wildman–Crippen LogP) is 3.43. The summed E-state index contributed by atoms with van der Waals surface area (Å²) in [5.74, 6) is -2.10. The zero-order chi connectivity index (χ0) is 30.8. The lowest BCUT2D eigenvalue weighted by Gasteiger charge is -2.40. The standard InChI is InChI=1S/C28H36N2O8S3/c1-17-11-12-28(27(6,36)25(35)40-16-23(34)38-26(3,4)5)14-22(33)30(41(28)37)18(2)24-29-19(15-39-24)9-7-8-10-20(31)21(32)13-17/h7-10,13,15,18,21,32,36H,11-12,14,16H2,1-6H3/b9-7+,10-8+,17-13+/t18-,21-,27+,28-,41?/m1/s1. The van der Waals surface area contributed by atoms with Gasteiger partial charge in [-0.1, -0.05) is 29.5 Å². The van der Waals surface area contributed by atoms with Crippen LogP contribution in [0.3, 0.4) is 0 Å². The first kappa shape index (κ1) is 33.2. The van der Waals surface area contributed by atoms with E-state index in [1.54, 1.807) is 52.2 Å². The summed E-state index contributed by atoms with van der Waals surface area (Å²) >= 11 is -0.399. The van der Waals surface area contributed by atoms with Gasteiger partial charge in [-0.05, 0) is 66.2 Å². The van der Waals surface area contributed by atoms with Gasteiger partial charge in [0.2, 0.25) is 5.12 Å². The summed E-state index contributed by atoms with van der Waals surface area (Å²) < 4.78 is 18.9. The number of hydrogen-bond acceptors (Lipinski definition) is 11. The lowest BCUT2D eigenvalue weighted by Crippen LogP contribution is -2.60. The molecular weight excluding hydrogens is 589 g/mol. The minimum Gasteiger partial charge on any atom is -0.592 e. The fraction of sp³-hybridized carbons (Fsp3) is 0.536. The number of carbonyl (C=O) groups is 4. The zero-order valence-electron chi connectivity index (χ0n) is 23.9. The van der Waals surface area contributed by atoms with Crippen molar-refractivity contribution in [3.8, 4) is 0 Å². The van der Waals surface area contributed by atoms with E-state index in [4.69, 9.17) is 4.74 Å². The van der Waals surface area contributed by atoms with Crippen LogP contribution in [-0.4, -0.2) is 74.6 Å². The van der Waals surface area contributed by atoms with E-state index in [2.05, 4.69) is 4.98 Å². The Morgan fingerprint density at radius 1 is 1.27 bits per heavy atom. The van der Waals surface area contributed by atoms with Gasteiger partial charge in [0.05, 0.1) is 29.2 Å². The normalized spacial score (nSPS) is 30.1. The third kappa shape index (κ3) is 7.57. The number of thiazole rings is 1. The highest BCUT2D eigenvalue weighted by Crippen LogP contribution is 2.50. The minimum absolute atomic E-state index is 0.0793. The molecule has 1 unspecified atom stereocenters. The lowest BCUT2D eigenvalue weighted by atomic mass is 9.81. The molecule has 13 heteroatoms. The van der Waals surface area contributed by atoms with Gasteiger partial charge in [-0.15, -0.1) is 11.3 Å². The highest BCUT2D eigenvalue weighted by Gasteiger charge is 2.69. The fourth-order valence-corrected chi connectivity index (χ4v) is 8.23. The molecule has 0 radical (unpaired) electrons. The summed E-state index contributed by atoms with van der Waals surface area (Å²) in [6, 6.07) is -0.719. The smallest absolute Gasteiger partial charge is 0.316 e. The van der Waals surface area contributed by atoms with Crippen LogP contribution in [0.2, 0.25) is 0 Å². The second-order valence-corrected chi connectivity index (χ2v) is 14.8. The molecule has 5 atom stereocenters. The highest BCUT2D eigenvalue weighted by atomic mass is 32.2. The van der Waals surface area contributed by atoms with Gasteiger partial charge in [-0.2, -0.15) is 4.31 Å². The molecule has 10 nitrogen and oxygen atoms in total. The van der Waals surface area contributed by atoms with Crippen molar-refractivity contribution in [2.75, 3.05) is 5.75 Å². The summed E-state index contributed by atoms with van der Waals surface area (Å²) in [6.07, 6.45) is 5.55. The molecule has 1 aromatic rings. The summed E-state index contributed by atoms with van der Waals surface area (Å²) in [6.45, 7) is 9.62. The number of amides is 1. The first-order valence-corrected chi connectivity index (χ1v) is 16.0. The predicted molar refractivity (Wildman–Crippen MR) is 159 cm³/mol. The molecular formula is C28H36N2O8S3. The number of aliphatic hydroxyl groups is 2. The molecule has 224 valence electrons. The molecule has 1 amide bonds. The van der Waals surface area contributed by atoms with Gasteiger partial charge in [0.15, 0.2) is 16.1 Å². The molecule has 4 bridgehead atoms. The summed E-state index contributed by atoms with van der Waals surface area (Å²) in [5, 5.41) is 23.6.